The molecule has 116 valence electrons. The maximum atomic E-state index is 5.89. The van der Waals surface area contributed by atoms with Gasteiger partial charge in [0.05, 0.1) is 7.11 Å². The van der Waals surface area contributed by atoms with Gasteiger partial charge in [-0.05, 0) is 30.3 Å². The molecule has 0 N–H and O–H groups in total. The summed E-state index contributed by atoms with van der Waals surface area (Å²) in [5.74, 6) is 0.749. The number of aliphatic imine (C=N–C) groups is 1. The highest BCUT2D eigenvalue weighted by Crippen LogP contribution is 2.29. The number of rotatable bonds is 4. The van der Waals surface area contributed by atoms with Crippen molar-refractivity contribution in [2.24, 2.45) is 4.99 Å². The highest BCUT2D eigenvalue weighted by Gasteiger charge is 2.06. The minimum absolute atomic E-state index is 0.581. The molecule has 3 aromatic rings. The van der Waals surface area contributed by atoms with Crippen molar-refractivity contribution in [1.82, 2.24) is 10.2 Å². The first-order valence-electron chi connectivity index (χ1n) is 6.63. The third-order valence-electron chi connectivity index (χ3n) is 3.01. The smallest absolute Gasteiger partial charge is 0.231 e. The van der Waals surface area contributed by atoms with E-state index in [2.05, 4.69) is 31.1 Å². The number of halogens is 2. The Morgan fingerprint density at radius 1 is 1.17 bits per heavy atom. The van der Waals surface area contributed by atoms with E-state index in [1.54, 1.807) is 13.3 Å². The molecule has 0 radical (unpaired) electrons. The summed E-state index contributed by atoms with van der Waals surface area (Å²) >= 11 is 10.7. The Kier molecular flexibility index (Phi) is 5.05. The van der Waals surface area contributed by atoms with Gasteiger partial charge in [-0.3, -0.25) is 0 Å². The molecular formula is C16H11BrClN3OS. The highest BCUT2D eigenvalue weighted by atomic mass is 79.9. The van der Waals surface area contributed by atoms with Crippen molar-refractivity contribution in [3.8, 4) is 16.3 Å². The van der Waals surface area contributed by atoms with Gasteiger partial charge < -0.3 is 4.74 Å². The van der Waals surface area contributed by atoms with E-state index in [0.717, 1.165) is 26.4 Å². The van der Waals surface area contributed by atoms with E-state index in [-0.39, 0.29) is 0 Å². The molecule has 0 saturated heterocycles. The topological polar surface area (TPSA) is 47.4 Å². The van der Waals surface area contributed by atoms with Crippen molar-refractivity contribution in [2.45, 2.75) is 0 Å². The molecule has 0 aliphatic rings. The van der Waals surface area contributed by atoms with Crippen molar-refractivity contribution in [3.05, 3.63) is 57.5 Å². The minimum Gasteiger partial charge on any atom is -0.496 e. The lowest BCUT2D eigenvalue weighted by atomic mass is 10.2. The molecule has 7 heteroatoms. The minimum atomic E-state index is 0.581. The molecule has 0 aliphatic heterocycles. The van der Waals surface area contributed by atoms with Crippen LogP contribution in [-0.4, -0.2) is 23.5 Å². The highest BCUT2D eigenvalue weighted by molar-refractivity contribution is 9.10. The summed E-state index contributed by atoms with van der Waals surface area (Å²) in [6.45, 7) is 0. The predicted octanol–water partition coefficient (Wildman–Crippen LogP) is 5.38. The Balaban J connectivity index is 1.84. The number of methoxy groups -OCH3 is 1. The van der Waals surface area contributed by atoms with Gasteiger partial charge in [0.1, 0.15) is 10.8 Å². The molecule has 0 atom stereocenters. The zero-order chi connectivity index (χ0) is 16.2. The second-order valence-electron chi connectivity index (χ2n) is 4.54. The van der Waals surface area contributed by atoms with Crippen LogP contribution < -0.4 is 4.74 Å². The van der Waals surface area contributed by atoms with Crippen molar-refractivity contribution in [2.75, 3.05) is 7.11 Å². The van der Waals surface area contributed by atoms with Crippen LogP contribution in [0.25, 0.3) is 10.6 Å². The van der Waals surface area contributed by atoms with E-state index in [1.165, 1.54) is 11.3 Å². The van der Waals surface area contributed by atoms with Crippen molar-refractivity contribution >= 4 is 50.2 Å². The van der Waals surface area contributed by atoms with E-state index in [4.69, 9.17) is 16.3 Å². The van der Waals surface area contributed by atoms with Crippen LogP contribution in [0.5, 0.6) is 5.75 Å². The average molecular weight is 409 g/mol. The first-order chi connectivity index (χ1) is 11.2. The molecule has 0 aliphatic carbocycles. The lowest BCUT2D eigenvalue weighted by Gasteiger charge is -2.03. The molecule has 0 spiro atoms. The van der Waals surface area contributed by atoms with E-state index in [0.29, 0.717) is 10.2 Å². The molecule has 3 rings (SSSR count). The summed E-state index contributed by atoms with van der Waals surface area (Å²) in [5.41, 5.74) is 1.83. The Labute approximate surface area is 151 Å². The van der Waals surface area contributed by atoms with Crippen LogP contribution in [0.4, 0.5) is 5.13 Å². The maximum absolute atomic E-state index is 5.89. The molecule has 0 unspecified atom stereocenters. The normalized spacial score (nSPS) is 11.1. The van der Waals surface area contributed by atoms with Crippen molar-refractivity contribution in [1.29, 1.82) is 0 Å². The third-order valence-corrected chi connectivity index (χ3v) is 4.64. The Bertz CT molecular complexity index is 849. The number of hydrogen-bond donors (Lipinski definition) is 0. The monoisotopic (exact) mass is 407 g/mol. The molecule has 0 fully saturated rings. The lowest BCUT2D eigenvalue weighted by Crippen LogP contribution is -1.90. The van der Waals surface area contributed by atoms with Crippen LogP contribution in [-0.2, 0) is 0 Å². The molecule has 2 aromatic carbocycles. The summed E-state index contributed by atoms with van der Waals surface area (Å²) in [4.78, 5) is 4.38. The SMILES string of the molecule is COc1ccc(Br)cc1C=Nc1nnc(-c2ccc(Cl)cc2)s1. The second kappa shape index (κ2) is 7.21. The molecule has 4 nitrogen and oxygen atoms in total. The van der Waals surface area contributed by atoms with Crippen LogP contribution in [0, 0.1) is 0 Å². The predicted molar refractivity (Wildman–Crippen MR) is 98.3 cm³/mol. The summed E-state index contributed by atoms with van der Waals surface area (Å²) in [7, 11) is 1.63. The number of benzene rings is 2. The van der Waals surface area contributed by atoms with Crippen LogP contribution in [0.2, 0.25) is 5.02 Å². The zero-order valence-corrected chi connectivity index (χ0v) is 15.2. The number of aromatic nitrogens is 2. The van der Waals surface area contributed by atoms with E-state index >= 15 is 0 Å². The molecular weight excluding hydrogens is 398 g/mol. The van der Waals surface area contributed by atoms with Gasteiger partial charge in [-0.25, -0.2) is 4.99 Å². The maximum Gasteiger partial charge on any atom is 0.231 e. The zero-order valence-electron chi connectivity index (χ0n) is 12.0. The lowest BCUT2D eigenvalue weighted by molar-refractivity contribution is 0.414. The van der Waals surface area contributed by atoms with Crippen LogP contribution in [0.1, 0.15) is 5.56 Å². The molecule has 1 heterocycles. The van der Waals surface area contributed by atoms with Gasteiger partial charge in [-0.15, -0.1) is 10.2 Å². The first-order valence-corrected chi connectivity index (χ1v) is 8.61. The average Bonchev–Trinajstić information content (AvgIpc) is 3.03. The van der Waals surface area contributed by atoms with Gasteiger partial charge in [0.2, 0.25) is 5.13 Å². The molecule has 23 heavy (non-hydrogen) atoms. The van der Waals surface area contributed by atoms with Crippen molar-refractivity contribution < 1.29 is 4.74 Å². The summed E-state index contributed by atoms with van der Waals surface area (Å²) in [5, 5.41) is 10.3. The van der Waals surface area contributed by atoms with E-state index in [9.17, 15) is 0 Å². The molecule has 0 bridgehead atoms. The van der Waals surface area contributed by atoms with E-state index < -0.39 is 0 Å². The van der Waals surface area contributed by atoms with Crippen LogP contribution in [0.3, 0.4) is 0 Å². The fourth-order valence-electron chi connectivity index (χ4n) is 1.91. The van der Waals surface area contributed by atoms with Gasteiger partial charge in [0, 0.05) is 26.8 Å². The second-order valence-corrected chi connectivity index (χ2v) is 6.85. The number of ether oxygens (including phenoxy) is 1. The fourth-order valence-corrected chi connectivity index (χ4v) is 3.11. The van der Waals surface area contributed by atoms with Gasteiger partial charge in [0.25, 0.3) is 0 Å². The Morgan fingerprint density at radius 2 is 1.96 bits per heavy atom. The van der Waals surface area contributed by atoms with Crippen LogP contribution in [0.15, 0.2) is 51.9 Å². The molecule has 0 saturated carbocycles. The Morgan fingerprint density at radius 3 is 2.70 bits per heavy atom. The molecule has 1 aromatic heterocycles. The van der Waals surface area contributed by atoms with E-state index in [1.807, 2.05) is 42.5 Å². The molecule has 0 amide bonds. The van der Waals surface area contributed by atoms with Gasteiger partial charge in [0.15, 0.2) is 0 Å². The standard InChI is InChI=1S/C16H11BrClN3OS/c1-22-14-7-4-12(17)8-11(14)9-19-16-21-20-15(23-16)10-2-5-13(18)6-3-10/h2-9H,1H3. The van der Waals surface area contributed by atoms with Gasteiger partial charge in [-0.2, -0.15) is 0 Å². The largest absolute Gasteiger partial charge is 0.496 e. The van der Waals surface area contributed by atoms with Crippen LogP contribution >= 0.6 is 38.9 Å². The summed E-state index contributed by atoms with van der Waals surface area (Å²) in [6, 6.07) is 13.2. The van der Waals surface area contributed by atoms with Gasteiger partial charge in [-0.1, -0.05) is 51.0 Å². The van der Waals surface area contributed by atoms with Gasteiger partial charge >= 0.3 is 0 Å². The number of nitrogens with zero attached hydrogens (tertiary/aromatic N) is 3. The summed E-state index contributed by atoms with van der Waals surface area (Å²) < 4.78 is 6.27. The summed E-state index contributed by atoms with van der Waals surface area (Å²) in [6.07, 6.45) is 1.72. The first kappa shape index (κ1) is 16.1. The number of hydrogen-bond acceptors (Lipinski definition) is 5. The third kappa shape index (κ3) is 3.96. The Hall–Kier alpha value is -1.76. The van der Waals surface area contributed by atoms with Crippen molar-refractivity contribution in [3.63, 3.8) is 0 Å². The quantitative estimate of drug-likeness (QED) is 0.544. The fraction of sp³-hybridized carbons (Fsp3) is 0.0625.